The highest BCUT2D eigenvalue weighted by Crippen LogP contribution is 2.27. The first-order chi connectivity index (χ1) is 21.6. The third-order valence-corrected chi connectivity index (χ3v) is 8.86. The summed E-state index contributed by atoms with van der Waals surface area (Å²) in [4.78, 5) is 39.9. The van der Waals surface area contributed by atoms with Gasteiger partial charge >= 0.3 is 0 Å². The number of nitro groups is 1. The van der Waals surface area contributed by atoms with Crippen LogP contribution in [0, 0.1) is 10.1 Å². The monoisotopic (exact) mass is 630 g/mol. The SMILES string of the molecule is CCNC(=O)C(Cc1ccccc1)N(Cc1cccc(OC)c1)C(=O)CN(c1ccc([N+](=O)[O-])cc1)S(=O)(=O)c1ccccc1. The molecule has 4 aromatic rings. The average Bonchev–Trinajstić information content (AvgIpc) is 3.06. The summed E-state index contributed by atoms with van der Waals surface area (Å²) in [6.45, 7) is 1.39. The number of benzene rings is 4. The number of carbonyl (C=O) groups is 2. The Morgan fingerprint density at radius 2 is 1.51 bits per heavy atom. The number of sulfonamides is 1. The first kappa shape index (κ1) is 32.7. The molecule has 0 aliphatic heterocycles. The second-order valence-electron chi connectivity index (χ2n) is 10.1. The number of nitro benzene ring substituents is 1. The van der Waals surface area contributed by atoms with E-state index >= 15 is 0 Å². The molecule has 0 aliphatic carbocycles. The highest BCUT2D eigenvalue weighted by molar-refractivity contribution is 7.92. The Hall–Kier alpha value is -5.23. The van der Waals surface area contributed by atoms with Gasteiger partial charge in [0.1, 0.15) is 18.3 Å². The maximum Gasteiger partial charge on any atom is 0.269 e. The Bertz CT molecular complexity index is 1720. The number of rotatable bonds is 14. The zero-order valence-corrected chi connectivity index (χ0v) is 25.7. The first-order valence-electron chi connectivity index (χ1n) is 14.2. The molecule has 0 fully saturated rings. The second kappa shape index (κ2) is 15.0. The van der Waals surface area contributed by atoms with Gasteiger partial charge in [0.2, 0.25) is 11.8 Å². The Kier molecular flexibility index (Phi) is 10.9. The quantitative estimate of drug-likeness (QED) is 0.159. The molecule has 1 N–H and O–H groups in total. The van der Waals surface area contributed by atoms with Crippen LogP contribution in [0.25, 0.3) is 0 Å². The van der Waals surface area contributed by atoms with E-state index in [0.717, 1.165) is 9.87 Å². The van der Waals surface area contributed by atoms with Crippen molar-refractivity contribution >= 4 is 33.2 Å². The zero-order chi connectivity index (χ0) is 32.4. The molecule has 4 aromatic carbocycles. The number of likely N-dealkylation sites (N-methyl/N-ethyl adjacent to an activating group) is 1. The molecule has 11 nitrogen and oxygen atoms in total. The van der Waals surface area contributed by atoms with Crippen molar-refractivity contribution in [2.24, 2.45) is 0 Å². The molecule has 1 atom stereocenters. The topological polar surface area (TPSA) is 139 Å². The number of anilines is 1. The van der Waals surface area contributed by atoms with E-state index < -0.39 is 39.3 Å². The third-order valence-electron chi connectivity index (χ3n) is 7.07. The molecule has 0 saturated heterocycles. The fourth-order valence-corrected chi connectivity index (χ4v) is 6.24. The van der Waals surface area contributed by atoms with Crippen LogP contribution in [-0.2, 0) is 32.6 Å². The van der Waals surface area contributed by atoms with E-state index in [1.165, 1.54) is 48.4 Å². The second-order valence-corrected chi connectivity index (χ2v) is 11.9. The van der Waals surface area contributed by atoms with Gasteiger partial charge in [-0.3, -0.25) is 24.0 Å². The molecule has 2 amide bonds. The summed E-state index contributed by atoms with van der Waals surface area (Å²) in [7, 11) is -2.80. The summed E-state index contributed by atoms with van der Waals surface area (Å²) in [5, 5.41) is 14.1. The number of nitrogens with one attached hydrogen (secondary N) is 1. The Morgan fingerprint density at radius 3 is 2.11 bits per heavy atom. The molecule has 0 aliphatic rings. The Labute approximate surface area is 262 Å². The molecule has 0 spiro atoms. The highest BCUT2D eigenvalue weighted by Gasteiger charge is 2.34. The molecule has 234 valence electrons. The van der Waals surface area contributed by atoms with Crippen molar-refractivity contribution in [1.82, 2.24) is 10.2 Å². The lowest BCUT2D eigenvalue weighted by Crippen LogP contribution is -2.53. The van der Waals surface area contributed by atoms with Gasteiger partial charge in [0.15, 0.2) is 0 Å². The number of ether oxygens (including phenoxy) is 1. The van der Waals surface area contributed by atoms with Crippen molar-refractivity contribution in [2.45, 2.75) is 30.8 Å². The van der Waals surface area contributed by atoms with Crippen molar-refractivity contribution < 1.29 is 27.7 Å². The maximum absolute atomic E-state index is 14.4. The zero-order valence-electron chi connectivity index (χ0n) is 24.9. The van der Waals surface area contributed by atoms with Crippen molar-refractivity contribution in [3.05, 3.63) is 130 Å². The summed E-state index contributed by atoms with van der Waals surface area (Å²) in [6, 6.07) is 27.8. The van der Waals surface area contributed by atoms with Gasteiger partial charge < -0.3 is 15.0 Å². The third kappa shape index (κ3) is 8.24. The predicted octanol–water partition coefficient (Wildman–Crippen LogP) is 4.57. The number of non-ortho nitro benzene ring substituents is 1. The van der Waals surface area contributed by atoms with E-state index in [-0.39, 0.29) is 29.2 Å². The maximum atomic E-state index is 14.4. The van der Waals surface area contributed by atoms with Crippen LogP contribution in [0.4, 0.5) is 11.4 Å². The van der Waals surface area contributed by atoms with Crippen molar-refractivity contribution in [3.8, 4) is 5.75 Å². The number of hydrogen-bond donors (Lipinski definition) is 1. The minimum absolute atomic E-state index is 0.0237. The first-order valence-corrected chi connectivity index (χ1v) is 15.6. The highest BCUT2D eigenvalue weighted by atomic mass is 32.2. The van der Waals surface area contributed by atoms with Gasteiger partial charge in [0.05, 0.1) is 22.6 Å². The number of amides is 2. The molecular formula is C33H34N4O7S. The van der Waals surface area contributed by atoms with Crippen molar-refractivity contribution in [3.63, 3.8) is 0 Å². The van der Waals surface area contributed by atoms with E-state index in [2.05, 4.69) is 5.32 Å². The molecule has 45 heavy (non-hydrogen) atoms. The lowest BCUT2D eigenvalue weighted by Gasteiger charge is -2.33. The predicted molar refractivity (Wildman–Crippen MR) is 170 cm³/mol. The summed E-state index contributed by atoms with van der Waals surface area (Å²) in [5.74, 6) is -0.495. The standard InChI is InChI=1S/C33H34N4O7S/c1-3-34-33(39)31(22-25-11-6-4-7-12-25)35(23-26-13-10-14-29(21-26)44-2)32(38)24-36(27-17-19-28(20-18-27)37(40)41)45(42,43)30-15-8-5-9-16-30/h4-21,31H,3,22-24H2,1-2H3,(H,34,39). The van der Waals surface area contributed by atoms with Gasteiger partial charge in [-0.15, -0.1) is 0 Å². The van der Waals surface area contributed by atoms with Crippen LogP contribution in [-0.4, -0.2) is 56.3 Å². The molecule has 0 heterocycles. The summed E-state index contributed by atoms with van der Waals surface area (Å²) < 4.78 is 34.2. The molecule has 0 radical (unpaired) electrons. The van der Waals surface area contributed by atoms with Gasteiger partial charge in [-0.25, -0.2) is 8.42 Å². The molecule has 0 saturated carbocycles. The van der Waals surface area contributed by atoms with Gasteiger partial charge in [-0.1, -0.05) is 60.7 Å². The number of hydrogen-bond acceptors (Lipinski definition) is 7. The normalized spacial score (nSPS) is 11.7. The average molecular weight is 631 g/mol. The van der Waals surface area contributed by atoms with E-state index in [4.69, 9.17) is 4.74 Å². The van der Waals surface area contributed by atoms with Gasteiger partial charge in [-0.05, 0) is 54.4 Å². The summed E-state index contributed by atoms with van der Waals surface area (Å²) >= 11 is 0. The van der Waals surface area contributed by atoms with E-state index in [1.54, 1.807) is 49.4 Å². The van der Waals surface area contributed by atoms with Crippen LogP contribution in [0.3, 0.4) is 0 Å². The molecule has 12 heteroatoms. The van der Waals surface area contributed by atoms with Gasteiger partial charge in [0, 0.05) is 31.6 Å². The minimum atomic E-state index is -4.32. The molecule has 0 bridgehead atoms. The van der Waals surface area contributed by atoms with Crippen molar-refractivity contribution in [2.75, 3.05) is 24.5 Å². The summed E-state index contributed by atoms with van der Waals surface area (Å²) in [5.41, 5.74) is 1.29. The fourth-order valence-electron chi connectivity index (χ4n) is 4.80. The van der Waals surface area contributed by atoms with Gasteiger partial charge in [-0.2, -0.15) is 0 Å². The lowest BCUT2D eigenvalue weighted by molar-refractivity contribution is -0.384. The van der Waals surface area contributed by atoms with E-state index in [1.807, 2.05) is 30.3 Å². The molecular weight excluding hydrogens is 596 g/mol. The van der Waals surface area contributed by atoms with Crippen LogP contribution in [0.1, 0.15) is 18.1 Å². The van der Waals surface area contributed by atoms with Crippen LogP contribution in [0.5, 0.6) is 5.75 Å². The largest absolute Gasteiger partial charge is 0.497 e. The fraction of sp³-hybridized carbons (Fsp3) is 0.212. The van der Waals surface area contributed by atoms with Crippen LogP contribution < -0.4 is 14.4 Å². The van der Waals surface area contributed by atoms with Crippen LogP contribution in [0.2, 0.25) is 0 Å². The van der Waals surface area contributed by atoms with Crippen LogP contribution in [0.15, 0.2) is 114 Å². The smallest absolute Gasteiger partial charge is 0.269 e. The molecule has 1 unspecified atom stereocenters. The number of carbonyl (C=O) groups excluding carboxylic acids is 2. The summed E-state index contributed by atoms with van der Waals surface area (Å²) in [6.07, 6.45) is 0.172. The van der Waals surface area contributed by atoms with Crippen molar-refractivity contribution in [1.29, 1.82) is 0 Å². The molecule has 4 rings (SSSR count). The van der Waals surface area contributed by atoms with E-state index in [0.29, 0.717) is 17.9 Å². The minimum Gasteiger partial charge on any atom is -0.497 e. The Balaban J connectivity index is 1.81. The van der Waals surface area contributed by atoms with E-state index in [9.17, 15) is 28.1 Å². The lowest BCUT2D eigenvalue weighted by atomic mass is 10.0. The molecule has 0 aromatic heterocycles. The number of methoxy groups -OCH3 is 1. The number of nitrogens with zero attached hydrogens (tertiary/aromatic N) is 3. The Morgan fingerprint density at radius 1 is 0.889 bits per heavy atom. The van der Waals surface area contributed by atoms with Gasteiger partial charge in [0.25, 0.3) is 15.7 Å². The van der Waals surface area contributed by atoms with Crippen LogP contribution >= 0.6 is 0 Å².